The Bertz CT molecular complexity index is 847. The maximum atomic E-state index is 15.0. The molecule has 0 aromatic carbocycles. The molecule has 188 valence electrons. The second kappa shape index (κ2) is 6.87. The van der Waals surface area contributed by atoms with Crippen molar-refractivity contribution in [3.63, 3.8) is 0 Å². The molecule has 5 aliphatic carbocycles. The highest BCUT2D eigenvalue weighted by molar-refractivity contribution is 5.94. The van der Waals surface area contributed by atoms with Crippen LogP contribution in [0.5, 0.6) is 0 Å². The smallest absolute Gasteiger partial charge is 0.148 e. The van der Waals surface area contributed by atoms with Crippen LogP contribution in [0.3, 0.4) is 0 Å². The highest BCUT2D eigenvalue weighted by Gasteiger charge is 2.77. The molecule has 0 bridgehead atoms. The number of Topliss-reactive ketones (excluding diaryl/α,β-unsaturated/α-hetero) is 1. The summed E-state index contributed by atoms with van der Waals surface area (Å²) in [6, 6.07) is 0. The second-order valence-corrected chi connectivity index (χ2v) is 15.1. The molecule has 1 spiro atoms. The van der Waals surface area contributed by atoms with Crippen LogP contribution in [-0.4, -0.2) is 28.2 Å². The molecular weight excluding hydrogens is 408 g/mol. The van der Waals surface area contributed by atoms with Crippen molar-refractivity contribution in [2.24, 2.45) is 56.2 Å². The van der Waals surface area contributed by atoms with Crippen LogP contribution >= 0.6 is 0 Å². The first-order valence-corrected chi connectivity index (χ1v) is 14.0. The largest absolute Gasteiger partial charge is 0.393 e. The molecule has 0 aliphatic heterocycles. The van der Waals surface area contributed by atoms with Gasteiger partial charge >= 0.3 is 0 Å². The van der Waals surface area contributed by atoms with Crippen molar-refractivity contribution >= 4 is 5.78 Å². The van der Waals surface area contributed by atoms with E-state index in [-0.39, 0.29) is 33.7 Å². The predicted octanol–water partition coefficient (Wildman–Crippen LogP) is 6.40. The maximum absolute atomic E-state index is 15.0. The minimum Gasteiger partial charge on any atom is -0.393 e. The van der Waals surface area contributed by atoms with Crippen LogP contribution in [0.4, 0.5) is 0 Å². The zero-order valence-electron chi connectivity index (χ0n) is 22.6. The van der Waals surface area contributed by atoms with Crippen molar-refractivity contribution in [2.45, 2.75) is 125 Å². The van der Waals surface area contributed by atoms with Gasteiger partial charge in [-0.2, -0.15) is 0 Å². The van der Waals surface area contributed by atoms with Crippen molar-refractivity contribution in [2.75, 3.05) is 0 Å². The molecular formula is C30H50O3. The first-order valence-electron chi connectivity index (χ1n) is 14.0. The summed E-state index contributed by atoms with van der Waals surface area (Å²) in [5.41, 5.74) is -1.14. The molecule has 0 radical (unpaired) electrons. The molecule has 5 saturated carbocycles. The van der Waals surface area contributed by atoms with Crippen molar-refractivity contribution in [1.29, 1.82) is 0 Å². The summed E-state index contributed by atoms with van der Waals surface area (Å²) in [5.74, 6) is 2.64. The van der Waals surface area contributed by atoms with Crippen molar-refractivity contribution in [3.8, 4) is 0 Å². The number of aliphatic hydroxyl groups is 2. The molecule has 3 heteroatoms. The van der Waals surface area contributed by atoms with Gasteiger partial charge in [0.05, 0.1) is 17.6 Å². The van der Waals surface area contributed by atoms with Gasteiger partial charge < -0.3 is 10.2 Å². The summed E-state index contributed by atoms with van der Waals surface area (Å²) >= 11 is 0. The minimum absolute atomic E-state index is 0.0177. The summed E-state index contributed by atoms with van der Waals surface area (Å²) in [5, 5.41) is 22.6. The lowest BCUT2D eigenvalue weighted by Crippen LogP contribution is -2.68. The molecule has 5 aliphatic rings. The van der Waals surface area contributed by atoms with Gasteiger partial charge in [-0.05, 0) is 103 Å². The average molecular weight is 459 g/mol. The molecule has 5 fully saturated rings. The zero-order chi connectivity index (χ0) is 24.4. The molecule has 5 rings (SSSR count). The van der Waals surface area contributed by atoms with Crippen LogP contribution in [0.1, 0.15) is 113 Å². The normalized spacial score (nSPS) is 57.8. The van der Waals surface area contributed by atoms with E-state index in [4.69, 9.17) is 0 Å². The predicted molar refractivity (Wildman–Crippen MR) is 133 cm³/mol. The van der Waals surface area contributed by atoms with Gasteiger partial charge in [-0.15, -0.1) is 0 Å². The molecule has 2 N–H and O–H groups in total. The van der Waals surface area contributed by atoms with Crippen LogP contribution in [0.2, 0.25) is 0 Å². The fourth-order valence-corrected chi connectivity index (χ4v) is 11.6. The van der Waals surface area contributed by atoms with Crippen LogP contribution in [0.25, 0.3) is 0 Å². The number of carbonyl (C=O) groups is 1. The maximum Gasteiger partial charge on any atom is 0.148 e. The van der Waals surface area contributed by atoms with Gasteiger partial charge in [-0.3, -0.25) is 4.79 Å². The van der Waals surface area contributed by atoms with Crippen LogP contribution in [0, 0.1) is 56.2 Å². The number of ketones is 1. The fourth-order valence-electron chi connectivity index (χ4n) is 11.6. The van der Waals surface area contributed by atoms with E-state index in [1.54, 1.807) is 0 Å². The SMILES string of the molecule is CC(C)C1CCC2C1(C)CCC1(C)C(=O)C3(CCC21C)C(O)CC1C(C)(C)C(O)CCC13C. The lowest BCUT2D eigenvalue weighted by molar-refractivity contribution is -0.207. The van der Waals surface area contributed by atoms with Crippen molar-refractivity contribution in [1.82, 2.24) is 0 Å². The standard InChI is InChI=1S/C30H50O3/c1-18(2)19-9-10-20-26(19,5)13-14-29(8)24(33)30(16-15-27(20,29)6)23(32)17-21-25(3,4)22(31)11-12-28(21,30)7/h18-23,31-32H,9-17H2,1-8H3. The van der Waals surface area contributed by atoms with Gasteiger partial charge in [0.25, 0.3) is 0 Å². The summed E-state index contributed by atoms with van der Waals surface area (Å²) in [6.45, 7) is 18.7. The van der Waals surface area contributed by atoms with E-state index < -0.39 is 11.5 Å². The van der Waals surface area contributed by atoms with Crippen LogP contribution in [-0.2, 0) is 4.79 Å². The van der Waals surface area contributed by atoms with E-state index in [1.165, 1.54) is 12.8 Å². The van der Waals surface area contributed by atoms with E-state index in [0.717, 1.165) is 44.4 Å². The Morgan fingerprint density at radius 1 is 0.758 bits per heavy atom. The van der Waals surface area contributed by atoms with Gasteiger partial charge in [-0.25, -0.2) is 0 Å². The Balaban J connectivity index is 1.57. The molecule has 3 nitrogen and oxygen atoms in total. The molecule has 0 saturated heterocycles. The number of rotatable bonds is 1. The summed E-state index contributed by atoms with van der Waals surface area (Å²) in [4.78, 5) is 15.0. The molecule has 10 unspecified atom stereocenters. The third-order valence-electron chi connectivity index (χ3n) is 13.9. The van der Waals surface area contributed by atoms with E-state index in [9.17, 15) is 15.0 Å². The second-order valence-electron chi connectivity index (χ2n) is 15.1. The Morgan fingerprint density at radius 3 is 2.06 bits per heavy atom. The topological polar surface area (TPSA) is 57.5 Å². The fraction of sp³-hybridized carbons (Fsp3) is 0.967. The van der Waals surface area contributed by atoms with Gasteiger partial charge in [0.15, 0.2) is 0 Å². The van der Waals surface area contributed by atoms with Crippen LogP contribution < -0.4 is 0 Å². The van der Waals surface area contributed by atoms with Gasteiger partial charge in [0.2, 0.25) is 0 Å². The monoisotopic (exact) mass is 458 g/mol. The summed E-state index contributed by atoms with van der Waals surface area (Å²) in [7, 11) is 0. The molecule has 33 heavy (non-hydrogen) atoms. The van der Waals surface area contributed by atoms with E-state index in [1.807, 2.05) is 0 Å². The number of hydrogen-bond donors (Lipinski definition) is 2. The third kappa shape index (κ3) is 2.53. The van der Waals surface area contributed by atoms with Crippen LogP contribution in [0.15, 0.2) is 0 Å². The van der Waals surface area contributed by atoms with E-state index >= 15 is 0 Å². The zero-order valence-corrected chi connectivity index (χ0v) is 22.6. The van der Waals surface area contributed by atoms with Crippen molar-refractivity contribution in [3.05, 3.63) is 0 Å². The first kappa shape index (κ1) is 24.3. The molecule has 0 aromatic heterocycles. The number of carbonyl (C=O) groups excluding carboxylic acids is 1. The Kier molecular flexibility index (Phi) is 5.06. The van der Waals surface area contributed by atoms with E-state index in [0.29, 0.717) is 29.5 Å². The Hall–Kier alpha value is -0.410. The van der Waals surface area contributed by atoms with E-state index in [2.05, 4.69) is 55.4 Å². The lowest BCUT2D eigenvalue weighted by atomic mass is 9.35. The highest BCUT2D eigenvalue weighted by atomic mass is 16.3. The first-order chi connectivity index (χ1) is 15.1. The van der Waals surface area contributed by atoms with Gasteiger partial charge in [0, 0.05) is 5.41 Å². The Labute approximate surface area is 202 Å². The molecule has 0 aromatic rings. The number of hydrogen-bond acceptors (Lipinski definition) is 3. The van der Waals surface area contributed by atoms with Gasteiger partial charge in [0.1, 0.15) is 5.78 Å². The lowest BCUT2D eigenvalue weighted by Gasteiger charge is -2.67. The highest BCUT2D eigenvalue weighted by Crippen LogP contribution is 2.78. The summed E-state index contributed by atoms with van der Waals surface area (Å²) in [6.07, 6.45) is 7.90. The number of fused-ring (bicyclic) bond motifs is 5. The average Bonchev–Trinajstić information content (AvgIpc) is 3.20. The quantitative estimate of drug-likeness (QED) is 0.478. The number of aliphatic hydroxyl groups excluding tert-OH is 2. The summed E-state index contributed by atoms with van der Waals surface area (Å²) < 4.78 is 0. The molecule has 0 amide bonds. The van der Waals surface area contributed by atoms with Gasteiger partial charge in [-0.1, -0.05) is 55.4 Å². The van der Waals surface area contributed by atoms with Crippen molar-refractivity contribution < 1.29 is 15.0 Å². The molecule has 0 heterocycles. The minimum atomic E-state index is -0.646. The third-order valence-corrected chi connectivity index (χ3v) is 13.9. The molecule has 10 atom stereocenters. The Morgan fingerprint density at radius 2 is 1.42 bits per heavy atom.